The van der Waals surface area contributed by atoms with Crippen molar-refractivity contribution in [2.75, 3.05) is 0 Å². The molecule has 0 aliphatic heterocycles. The fourth-order valence-corrected chi connectivity index (χ4v) is 1.96. The number of aryl methyl sites for hydroxylation is 1. The number of Topliss-reactive ketones (excluding diaryl/α,β-unsaturated/α-hetero) is 1. The largest absolute Gasteiger partial charge is 0.364 e. The van der Waals surface area contributed by atoms with Crippen molar-refractivity contribution < 1.29 is 22.4 Å². The van der Waals surface area contributed by atoms with E-state index in [0.717, 1.165) is 0 Å². The highest BCUT2D eigenvalue weighted by molar-refractivity contribution is 5.92. The Labute approximate surface area is 112 Å². The number of carbonyl (C=O) groups excluding carboxylic acids is 1. The predicted octanol–water partition coefficient (Wildman–Crippen LogP) is 3.07. The van der Waals surface area contributed by atoms with Gasteiger partial charge in [-0.2, -0.15) is 13.9 Å². The molecule has 0 N–H and O–H groups in total. The number of fused-ring (bicyclic) bond motifs is 1. The highest BCUT2D eigenvalue weighted by Crippen LogP contribution is 2.27. The van der Waals surface area contributed by atoms with Gasteiger partial charge in [0.05, 0.1) is 17.6 Å². The smallest absolute Gasteiger partial charge is 0.292 e. The molecule has 20 heavy (non-hydrogen) atoms. The zero-order valence-corrected chi connectivity index (χ0v) is 10.6. The van der Waals surface area contributed by atoms with Crippen molar-refractivity contribution in [3.8, 4) is 0 Å². The van der Waals surface area contributed by atoms with E-state index in [2.05, 4.69) is 5.10 Å². The Bertz CT molecular complexity index is 636. The Morgan fingerprint density at radius 1 is 1.35 bits per heavy atom. The summed E-state index contributed by atoms with van der Waals surface area (Å²) in [5, 5.41) is 4.56. The Hall–Kier alpha value is -1.92. The second kappa shape index (κ2) is 5.22. The SMILES string of the molecule is CCn1nc(CC(=O)C(F)(F)C(F)F)c2ccccc21. The number of benzene rings is 1. The number of hydrogen-bond donors (Lipinski definition) is 0. The fourth-order valence-electron chi connectivity index (χ4n) is 1.96. The molecular weight excluding hydrogens is 276 g/mol. The second-order valence-corrected chi connectivity index (χ2v) is 4.30. The molecule has 0 saturated carbocycles. The molecule has 108 valence electrons. The Morgan fingerprint density at radius 3 is 2.60 bits per heavy atom. The van der Waals surface area contributed by atoms with Crippen LogP contribution in [0.25, 0.3) is 10.9 Å². The lowest BCUT2D eigenvalue weighted by atomic mass is 10.1. The lowest BCUT2D eigenvalue weighted by Crippen LogP contribution is -2.37. The third-order valence-corrected chi connectivity index (χ3v) is 3.01. The van der Waals surface area contributed by atoms with Crippen LogP contribution in [0.4, 0.5) is 17.6 Å². The summed E-state index contributed by atoms with van der Waals surface area (Å²) in [6, 6.07) is 6.77. The van der Waals surface area contributed by atoms with Gasteiger partial charge in [0.1, 0.15) is 0 Å². The van der Waals surface area contributed by atoms with Crippen LogP contribution < -0.4 is 0 Å². The molecule has 0 atom stereocenters. The standard InChI is InChI=1S/C13H12F4N2O/c1-2-19-10-6-4-3-5-8(10)9(18-19)7-11(20)13(16,17)12(14)15/h3-6,12H,2,7H2,1H3. The summed E-state index contributed by atoms with van der Waals surface area (Å²) in [7, 11) is 0. The van der Waals surface area contributed by atoms with Crippen LogP contribution in [0.3, 0.4) is 0 Å². The van der Waals surface area contributed by atoms with Gasteiger partial charge in [0, 0.05) is 11.9 Å². The van der Waals surface area contributed by atoms with E-state index < -0.39 is 24.6 Å². The van der Waals surface area contributed by atoms with E-state index in [0.29, 0.717) is 17.4 Å². The zero-order chi connectivity index (χ0) is 14.9. The summed E-state index contributed by atoms with van der Waals surface area (Å²) in [5.41, 5.74) is 0.769. The highest BCUT2D eigenvalue weighted by Gasteiger charge is 2.48. The van der Waals surface area contributed by atoms with Gasteiger partial charge in [0.2, 0.25) is 5.78 Å². The molecule has 1 aromatic carbocycles. The summed E-state index contributed by atoms with van der Waals surface area (Å²) in [6.07, 6.45) is -4.82. The van der Waals surface area contributed by atoms with Crippen molar-refractivity contribution in [1.82, 2.24) is 9.78 Å². The number of aromatic nitrogens is 2. The number of nitrogens with zero attached hydrogens (tertiary/aromatic N) is 2. The van der Waals surface area contributed by atoms with E-state index in [1.165, 1.54) is 0 Å². The molecule has 3 nitrogen and oxygen atoms in total. The topological polar surface area (TPSA) is 34.9 Å². The van der Waals surface area contributed by atoms with Gasteiger partial charge in [-0.1, -0.05) is 18.2 Å². The molecule has 2 rings (SSSR count). The number of para-hydroxylation sites is 1. The van der Waals surface area contributed by atoms with Gasteiger partial charge < -0.3 is 0 Å². The van der Waals surface area contributed by atoms with E-state index in [-0.39, 0.29) is 5.69 Å². The number of hydrogen-bond acceptors (Lipinski definition) is 2. The maximum Gasteiger partial charge on any atom is 0.364 e. The van der Waals surface area contributed by atoms with Gasteiger partial charge in [-0.05, 0) is 13.0 Å². The number of alkyl halides is 4. The van der Waals surface area contributed by atoms with Crippen molar-refractivity contribution in [2.45, 2.75) is 32.2 Å². The molecule has 0 radical (unpaired) electrons. The van der Waals surface area contributed by atoms with Crippen molar-refractivity contribution in [1.29, 1.82) is 0 Å². The number of halogens is 4. The van der Waals surface area contributed by atoms with E-state index >= 15 is 0 Å². The maximum absolute atomic E-state index is 13.0. The second-order valence-electron chi connectivity index (χ2n) is 4.30. The Balaban J connectivity index is 2.38. The number of ketones is 1. The molecule has 0 aliphatic carbocycles. The summed E-state index contributed by atoms with van der Waals surface area (Å²) in [4.78, 5) is 11.3. The monoisotopic (exact) mass is 288 g/mol. The number of carbonyl (C=O) groups is 1. The molecule has 0 bridgehead atoms. The van der Waals surface area contributed by atoms with Gasteiger partial charge in [0.25, 0.3) is 0 Å². The van der Waals surface area contributed by atoms with Crippen LogP contribution in [-0.4, -0.2) is 27.9 Å². The third-order valence-electron chi connectivity index (χ3n) is 3.01. The highest BCUT2D eigenvalue weighted by atomic mass is 19.3. The zero-order valence-electron chi connectivity index (χ0n) is 10.6. The summed E-state index contributed by atoms with van der Waals surface area (Å²) in [5.74, 6) is -6.46. The Kier molecular flexibility index (Phi) is 3.78. The molecule has 0 fully saturated rings. The van der Waals surface area contributed by atoms with Crippen LogP contribution in [0, 0.1) is 0 Å². The van der Waals surface area contributed by atoms with Crippen LogP contribution in [0.1, 0.15) is 12.6 Å². The molecule has 1 aromatic heterocycles. The van der Waals surface area contributed by atoms with E-state index in [9.17, 15) is 22.4 Å². The molecule has 0 unspecified atom stereocenters. The molecule has 0 spiro atoms. The van der Waals surface area contributed by atoms with Crippen LogP contribution in [-0.2, 0) is 17.8 Å². The van der Waals surface area contributed by atoms with Crippen LogP contribution in [0.15, 0.2) is 24.3 Å². The van der Waals surface area contributed by atoms with E-state index in [4.69, 9.17) is 0 Å². The minimum absolute atomic E-state index is 0.0905. The number of rotatable bonds is 5. The first kappa shape index (κ1) is 14.5. The van der Waals surface area contributed by atoms with Crippen LogP contribution in [0.2, 0.25) is 0 Å². The van der Waals surface area contributed by atoms with Crippen molar-refractivity contribution in [2.24, 2.45) is 0 Å². The van der Waals surface area contributed by atoms with Crippen molar-refractivity contribution in [3.05, 3.63) is 30.0 Å². The maximum atomic E-state index is 13.0. The first-order chi connectivity index (χ1) is 9.37. The quantitative estimate of drug-likeness (QED) is 0.792. The minimum Gasteiger partial charge on any atom is -0.292 e. The van der Waals surface area contributed by atoms with Gasteiger partial charge in [-0.3, -0.25) is 9.48 Å². The molecular formula is C13H12F4N2O. The molecule has 0 amide bonds. The van der Waals surface area contributed by atoms with Crippen LogP contribution >= 0.6 is 0 Å². The van der Waals surface area contributed by atoms with Gasteiger partial charge in [-0.25, -0.2) is 8.78 Å². The summed E-state index contributed by atoms with van der Waals surface area (Å²) >= 11 is 0. The van der Waals surface area contributed by atoms with E-state index in [1.54, 1.807) is 35.9 Å². The molecule has 0 saturated heterocycles. The first-order valence-electron chi connectivity index (χ1n) is 6.01. The van der Waals surface area contributed by atoms with E-state index in [1.807, 2.05) is 0 Å². The fraction of sp³-hybridized carbons (Fsp3) is 0.385. The Morgan fingerprint density at radius 2 is 2.00 bits per heavy atom. The molecule has 0 aliphatic rings. The average molecular weight is 288 g/mol. The van der Waals surface area contributed by atoms with Crippen molar-refractivity contribution >= 4 is 16.7 Å². The van der Waals surface area contributed by atoms with Crippen molar-refractivity contribution in [3.63, 3.8) is 0 Å². The van der Waals surface area contributed by atoms with Gasteiger partial charge in [0.15, 0.2) is 0 Å². The average Bonchev–Trinajstić information content (AvgIpc) is 2.77. The normalized spacial score (nSPS) is 12.3. The summed E-state index contributed by atoms with van der Waals surface area (Å²) < 4.78 is 51.8. The predicted molar refractivity (Wildman–Crippen MR) is 65.1 cm³/mol. The lowest BCUT2D eigenvalue weighted by Gasteiger charge is -2.12. The van der Waals surface area contributed by atoms with Gasteiger partial charge in [-0.15, -0.1) is 0 Å². The first-order valence-corrected chi connectivity index (χ1v) is 6.01. The molecule has 7 heteroatoms. The molecule has 2 aromatic rings. The third kappa shape index (κ3) is 2.39. The lowest BCUT2D eigenvalue weighted by molar-refractivity contribution is -0.166. The molecule has 1 heterocycles. The summed E-state index contributed by atoms with van der Waals surface area (Å²) in [6.45, 7) is 2.29. The van der Waals surface area contributed by atoms with Gasteiger partial charge >= 0.3 is 12.3 Å². The minimum atomic E-state index is -4.64. The van der Waals surface area contributed by atoms with Crippen LogP contribution in [0.5, 0.6) is 0 Å².